The van der Waals surface area contributed by atoms with Gasteiger partial charge in [-0.1, -0.05) is 6.92 Å². The van der Waals surface area contributed by atoms with Gasteiger partial charge >= 0.3 is 0 Å². The molecule has 1 fully saturated rings. The van der Waals surface area contributed by atoms with Gasteiger partial charge in [-0.15, -0.1) is 0 Å². The minimum atomic E-state index is -0.380. The Kier molecular flexibility index (Phi) is 1.12. The van der Waals surface area contributed by atoms with E-state index in [2.05, 4.69) is 0 Å². The van der Waals surface area contributed by atoms with Crippen molar-refractivity contribution in [2.75, 3.05) is 6.61 Å². The lowest BCUT2D eigenvalue weighted by atomic mass is 10.1. The number of ketones is 1. The molecule has 0 aromatic rings. The summed E-state index contributed by atoms with van der Waals surface area (Å²) in [6.07, 6.45) is 0.594. The molecule has 46 valence electrons. The maximum absolute atomic E-state index is 10.8. The van der Waals surface area contributed by atoms with Crippen LogP contribution >= 0.6 is 0 Å². The zero-order valence-electron chi connectivity index (χ0n) is 5.23. The standard InChI is InChI=1S/C6H10O2/c1-3-5(7)6(2)4-8-6/h3-4H2,1-2H3/t6-/m1/s1. The molecule has 0 aromatic heterocycles. The summed E-state index contributed by atoms with van der Waals surface area (Å²) in [6.45, 7) is 4.31. The van der Waals surface area contributed by atoms with E-state index in [0.29, 0.717) is 13.0 Å². The molecule has 0 aliphatic carbocycles. The highest BCUT2D eigenvalue weighted by Gasteiger charge is 2.45. The molecule has 0 aromatic carbocycles. The van der Waals surface area contributed by atoms with Crippen molar-refractivity contribution in [1.29, 1.82) is 0 Å². The first-order valence-electron chi connectivity index (χ1n) is 2.86. The summed E-state index contributed by atoms with van der Waals surface area (Å²) >= 11 is 0. The minimum Gasteiger partial charge on any atom is -0.362 e. The molecule has 0 amide bonds. The van der Waals surface area contributed by atoms with Gasteiger partial charge in [0, 0.05) is 6.42 Å². The number of epoxide rings is 1. The quantitative estimate of drug-likeness (QED) is 0.496. The molecule has 0 bridgehead atoms. The summed E-state index contributed by atoms with van der Waals surface area (Å²) in [4.78, 5) is 10.8. The fraction of sp³-hybridized carbons (Fsp3) is 0.833. The fourth-order valence-electron chi connectivity index (χ4n) is 0.643. The summed E-state index contributed by atoms with van der Waals surface area (Å²) in [5.41, 5.74) is -0.380. The van der Waals surface area contributed by atoms with Crippen LogP contribution in [0, 0.1) is 0 Å². The van der Waals surface area contributed by atoms with Crippen LogP contribution in [0.5, 0.6) is 0 Å². The van der Waals surface area contributed by atoms with Crippen LogP contribution in [0.1, 0.15) is 20.3 Å². The largest absolute Gasteiger partial charge is 0.362 e. The van der Waals surface area contributed by atoms with Crippen LogP contribution in [0.4, 0.5) is 0 Å². The van der Waals surface area contributed by atoms with Gasteiger partial charge in [-0.05, 0) is 6.92 Å². The van der Waals surface area contributed by atoms with Crippen molar-refractivity contribution in [3.63, 3.8) is 0 Å². The van der Waals surface area contributed by atoms with Gasteiger partial charge in [-0.3, -0.25) is 4.79 Å². The average Bonchev–Trinajstić information content (AvgIpc) is 2.47. The Morgan fingerprint density at radius 3 is 2.50 bits per heavy atom. The summed E-state index contributed by atoms with van der Waals surface area (Å²) in [5, 5.41) is 0. The van der Waals surface area contributed by atoms with E-state index in [9.17, 15) is 4.79 Å². The molecule has 2 heteroatoms. The highest BCUT2D eigenvalue weighted by molar-refractivity contribution is 5.88. The zero-order valence-corrected chi connectivity index (χ0v) is 5.23. The summed E-state index contributed by atoms with van der Waals surface area (Å²) in [7, 11) is 0. The van der Waals surface area contributed by atoms with Crippen molar-refractivity contribution in [3.8, 4) is 0 Å². The molecule has 1 saturated heterocycles. The number of rotatable bonds is 2. The van der Waals surface area contributed by atoms with Crippen molar-refractivity contribution in [3.05, 3.63) is 0 Å². The zero-order chi connectivity index (χ0) is 6.20. The highest BCUT2D eigenvalue weighted by Crippen LogP contribution is 2.27. The molecule has 0 spiro atoms. The van der Waals surface area contributed by atoms with E-state index in [0.717, 1.165) is 0 Å². The van der Waals surface area contributed by atoms with E-state index >= 15 is 0 Å². The van der Waals surface area contributed by atoms with Crippen molar-refractivity contribution < 1.29 is 9.53 Å². The van der Waals surface area contributed by atoms with Gasteiger partial charge in [0.15, 0.2) is 5.78 Å². The monoisotopic (exact) mass is 114 g/mol. The van der Waals surface area contributed by atoms with Crippen LogP contribution in [0.15, 0.2) is 0 Å². The highest BCUT2D eigenvalue weighted by atomic mass is 16.6. The predicted octanol–water partition coefficient (Wildman–Crippen LogP) is 0.754. The lowest BCUT2D eigenvalue weighted by molar-refractivity contribution is -0.123. The molecular formula is C6H10O2. The predicted molar refractivity (Wildman–Crippen MR) is 29.7 cm³/mol. The molecule has 0 N–H and O–H groups in total. The van der Waals surface area contributed by atoms with Crippen LogP contribution in [0.3, 0.4) is 0 Å². The molecule has 1 rings (SSSR count). The van der Waals surface area contributed by atoms with Crippen LogP contribution in [-0.4, -0.2) is 18.0 Å². The SMILES string of the molecule is CCC(=O)[C@@]1(C)CO1. The van der Waals surface area contributed by atoms with Crippen LogP contribution in [0.2, 0.25) is 0 Å². The van der Waals surface area contributed by atoms with E-state index in [1.165, 1.54) is 0 Å². The Morgan fingerprint density at radius 2 is 2.38 bits per heavy atom. The third kappa shape index (κ3) is 0.757. The number of carbonyl (C=O) groups is 1. The van der Waals surface area contributed by atoms with E-state index in [1.54, 1.807) is 0 Å². The third-order valence-electron chi connectivity index (χ3n) is 1.49. The molecule has 1 heterocycles. The Labute approximate surface area is 48.8 Å². The normalized spacial score (nSPS) is 34.8. The molecule has 2 nitrogen and oxygen atoms in total. The Hall–Kier alpha value is -0.370. The molecule has 1 atom stereocenters. The molecule has 0 unspecified atom stereocenters. The maximum Gasteiger partial charge on any atom is 0.166 e. The molecule has 1 aliphatic heterocycles. The Bertz CT molecular complexity index is 114. The smallest absolute Gasteiger partial charge is 0.166 e. The van der Waals surface area contributed by atoms with Gasteiger partial charge in [0.25, 0.3) is 0 Å². The van der Waals surface area contributed by atoms with E-state index in [1.807, 2.05) is 13.8 Å². The number of hydrogen-bond acceptors (Lipinski definition) is 2. The van der Waals surface area contributed by atoms with Gasteiger partial charge in [-0.2, -0.15) is 0 Å². The van der Waals surface area contributed by atoms with E-state index < -0.39 is 0 Å². The Balaban J connectivity index is 2.46. The first kappa shape index (κ1) is 5.76. The third-order valence-corrected chi connectivity index (χ3v) is 1.49. The maximum atomic E-state index is 10.8. The first-order valence-corrected chi connectivity index (χ1v) is 2.86. The van der Waals surface area contributed by atoms with Crippen LogP contribution < -0.4 is 0 Å². The van der Waals surface area contributed by atoms with Gasteiger partial charge in [0.1, 0.15) is 5.60 Å². The second-order valence-corrected chi connectivity index (χ2v) is 2.30. The molecule has 8 heavy (non-hydrogen) atoms. The second kappa shape index (κ2) is 1.55. The molecule has 1 aliphatic rings. The first-order chi connectivity index (χ1) is 3.69. The molecular weight excluding hydrogens is 104 g/mol. The fourth-order valence-corrected chi connectivity index (χ4v) is 0.643. The topological polar surface area (TPSA) is 29.6 Å². The van der Waals surface area contributed by atoms with Crippen molar-refractivity contribution in [2.45, 2.75) is 25.9 Å². The van der Waals surface area contributed by atoms with Gasteiger partial charge in [-0.25, -0.2) is 0 Å². The summed E-state index contributed by atoms with van der Waals surface area (Å²) < 4.78 is 4.90. The number of Topliss-reactive ketones (excluding diaryl/α,β-unsaturated/α-hetero) is 1. The summed E-state index contributed by atoms with van der Waals surface area (Å²) in [5.74, 6) is 0.220. The van der Waals surface area contributed by atoms with Gasteiger partial charge in [0.05, 0.1) is 6.61 Å². The van der Waals surface area contributed by atoms with Gasteiger partial charge in [0.2, 0.25) is 0 Å². The molecule has 0 radical (unpaired) electrons. The summed E-state index contributed by atoms with van der Waals surface area (Å²) in [6, 6.07) is 0. The van der Waals surface area contributed by atoms with E-state index in [-0.39, 0.29) is 11.4 Å². The van der Waals surface area contributed by atoms with Crippen LogP contribution in [0.25, 0.3) is 0 Å². The van der Waals surface area contributed by atoms with Crippen molar-refractivity contribution in [2.24, 2.45) is 0 Å². The van der Waals surface area contributed by atoms with Gasteiger partial charge < -0.3 is 4.74 Å². The lowest BCUT2D eigenvalue weighted by Crippen LogP contribution is -2.18. The lowest BCUT2D eigenvalue weighted by Gasteiger charge is -1.97. The van der Waals surface area contributed by atoms with E-state index in [4.69, 9.17) is 4.74 Å². The van der Waals surface area contributed by atoms with Crippen molar-refractivity contribution in [1.82, 2.24) is 0 Å². The minimum absolute atomic E-state index is 0.220. The average molecular weight is 114 g/mol. The second-order valence-electron chi connectivity index (χ2n) is 2.30. The number of carbonyl (C=O) groups excluding carboxylic acids is 1. The number of hydrogen-bond donors (Lipinski definition) is 0. The van der Waals surface area contributed by atoms with Crippen molar-refractivity contribution >= 4 is 5.78 Å². The molecule has 0 saturated carbocycles. The van der Waals surface area contributed by atoms with Crippen LogP contribution in [-0.2, 0) is 9.53 Å². The number of ether oxygens (including phenoxy) is 1. The Morgan fingerprint density at radius 1 is 1.88 bits per heavy atom.